The average molecular weight is 316 g/mol. The van der Waals surface area contributed by atoms with E-state index >= 15 is 0 Å². The van der Waals surface area contributed by atoms with Crippen molar-refractivity contribution in [2.24, 2.45) is 5.73 Å². The summed E-state index contributed by atoms with van der Waals surface area (Å²) in [4.78, 5) is 0.194. The summed E-state index contributed by atoms with van der Waals surface area (Å²) in [5.41, 5.74) is 6.79. The van der Waals surface area contributed by atoms with Crippen molar-refractivity contribution in [1.82, 2.24) is 4.72 Å². The van der Waals surface area contributed by atoms with Crippen molar-refractivity contribution < 1.29 is 13.2 Å². The molecule has 0 aliphatic heterocycles. The van der Waals surface area contributed by atoms with Crippen molar-refractivity contribution in [2.45, 2.75) is 25.1 Å². The van der Waals surface area contributed by atoms with Gasteiger partial charge in [0.2, 0.25) is 10.0 Å². The van der Waals surface area contributed by atoms with Crippen LogP contribution in [0.15, 0.2) is 24.3 Å². The fourth-order valence-electron chi connectivity index (χ4n) is 1.82. The van der Waals surface area contributed by atoms with Crippen LogP contribution in [0.25, 0.3) is 0 Å². The summed E-state index contributed by atoms with van der Waals surface area (Å²) in [6.45, 7) is 2.24. The van der Waals surface area contributed by atoms with E-state index in [2.05, 4.69) is 4.72 Å². The zero-order valence-corrected chi connectivity index (χ0v) is 13.3. The number of benzene rings is 1. The molecule has 0 spiro atoms. The molecule has 0 amide bonds. The van der Waals surface area contributed by atoms with Gasteiger partial charge in [-0.1, -0.05) is 43.4 Å². The highest BCUT2D eigenvalue weighted by molar-refractivity contribution is 7.88. The minimum absolute atomic E-state index is 0.152. The molecule has 3 N–H and O–H groups in total. The molecule has 0 heterocycles. The monoisotopic (exact) mass is 316 g/mol. The van der Waals surface area contributed by atoms with Crippen molar-refractivity contribution >= 4 is 27.2 Å². The van der Waals surface area contributed by atoms with Crippen LogP contribution in [-0.2, 0) is 20.5 Å². The first-order chi connectivity index (χ1) is 9.39. The predicted octanol–water partition coefficient (Wildman–Crippen LogP) is 1.17. The molecule has 0 radical (unpaired) electrons. The van der Waals surface area contributed by atoms with Crippen molar-refractivity contribution in [3.05, 3.63) is 35.4 Å². The summed E-state index contributed by atoms with van der Waals surface area (Å²) in [6, 6.07) is 6.74. The van der Waals surface area contributed by atoms with E-state index in [0.717, 1.165) is 0 Å². The first kappa shape index (κ1) is 17.0. The molecule has 0 saturated heterocycles. The van der Waals surface area contributed by atoms with E-state index in [4.69, 9.17) is 22.7 Å². The Labute approximate surface area is 125 Å². The minimum Gasteiger partial charge on any atom is -0.389 e. The number of nitrogens with one attached hydrogen (secondary N) is 1. The van der Waals surface area contributed by atoms with Gasteiger partial charge >= 0.3 is 0 Å². The number of rotatable bonds is 8. The molecule has 5 nitrogen and oxygen atoms in total. The van der Waals surface area contributed by atoms with E-state index in [1.165, 1.54) is 0 Å². The molecule has 1 aromatic rings. The molecule has 112 valence electrons. The van der Waals surface area contributed by atoms with Crippen LogP contribution in [0.4, 0.5) is 0 Å². The van der Waals surface area contributed by atoms with Crippen molar-refractivity contribution in [1.29, 1.82) is 0 Å². The van der Waals surface area contributed by atoms with Gasteiger partial charge in [0.15, 0.2) is 0 Å². The summed E-state index contributed by atoms with van der Waals surface area (Å²) < 4.78 is 31.9. The van der Waals surface area contributed by atoms with Crippen molar-refractivity contribution in [3.63, 3.8) is 0 Å². The summed E-state index contributed by atoms with van der Waals surface area (Å²) in [5, 5.41) is 0. The summed E-state index contributed by atoms with van der Waals surface area (Å²) in [7, 11) is -1.93. The third-order valence-electron chi connectivity index (χ3n) is 2.84. The molecule has 20 heavy (non-hydrogen) atoms. The fourth-order valence-corrected chi connectivity index (χ4v) is 3.51. The fraction of sp³-hybridized carbons (Fsp3) is 0.462. The van der Waals surface area contributed by atoms with Gasteiger partial charge in [-0.05, 0) is 12.0 Å². The Morgan fingerprint density at radius 1 is 1.45 bits per heavy atom. The number of ether oxygens (including phenoxy) is 1. The smallest absolute Gasteiger partial charge is 0.216 e. The largest absolute Gasteiger partial charge is 0.389 e. The van der Waals surface area contributed by atoms with Crippen LogP contribution in [0.1, 0.15) is 24.5 Å². The Morgan fingerprint density at radius 2 is 2.10 bits per heavy atom. The highest BCUT2D eigenvalue weighted by atomic mass is 32.2. The zero-order chi connectivity index (χ0) is 15.2. The molecule has 1 atom stereocenters. The van der Waals surface area contributed by atoms with Gasteiger partial charge in [0.25, 0.3) is 0 Å². The lowest BCUT2D eigenvalue weighted by molar-refractivity contribution is 0.173. The quantitative estimate of drug-likeness (QED) is 0.704. The van der Waals surface area contributed by atoms with E-state index in [9.17, 15) is 8.42 Å². The zero-order valence-electron chi connectivity index (χ0n) is 11.6. The van der Waals surface area contributed by atoms with Gasteiger partial charge in [-0.2, -0.15) is 0 Å². The molecule has 0 fully saturated rings. The average Bonchev–Trinajstić information content (AvgIpc) is 2.37. The van der Waals surface area contributed by atoms with Crippen LogP contribution in [0, 0.1) is 0 Å². The van der Waals surface area contributed by atoms with Crippen LogP contribution in [0.3, 0.4) is 0 Å². The third kappa shape index (κ3) is 5.16. The molecule has 0 saturated carbocycles. The van der Waals surface area contributed by atoms with Crippen molar-refractivity contribution in [2.75, 3.05) is 13.7 Å². The second-order valence-corrected chi connectivity index (χ2v) is 6.65. The second-order valence-electron chi connectivity index (χ2n) is 4.46. The molecule has 1 unspecified atom stereocenters. The van der Waals surface area contributed by atoms with Crippen molar-refractivity contribution in [3.8, 4) is 0 Å². The SMILES string of the molecule is CCC(COC)NS(=O)(=O)Cc1ccccc1C(N)=S. The number of sulfonamides is 1. The van der Waals surface area contributed by atoms with Crippen LogP contribution in [0.2, 0.25) is 0 Å². The van der Waals surface area contributed by atoms with Gasteiger partial charge in [0, 0.05) is 18.7 Å². The molecular weight excluding hydrogens is 296 g/mol. The van der Waals surface area contributed by atoms with Gasteiger partial charge < -0.3 is 10.5 Å². The van der Waals surface area contributed by atoms with E-state index < -0.39 is 10.0 Å². The maximum atomic E-state index is 12.2. The van der Waals surface area contributed by atoms with Gasteiger partial charge in [0.05, 0.1) is 12.4 Å². The number of hydrogen-bond donors (Lipinski definition) is 2. The van der Waals surface area contributed by atoms with Gasteiger partial charge in [-0.15, -0.1) is 0 Å². The Kier molecular flexibility index (Phi) is 6.54. The summed E-state index contributed by atoms with van der Waals surface area (Å²) >= 11 is 4.93. The first-order valence-corrected chi connectivity index (χ1v) is 8.32. The molecule has 0 aliphatic rings. The molecule has 0 bridgehead atoms. The van der Waals surface area contributed by atoms with E-state index in [1.54, 1.807) is 31.4 Å². The van der Waals surface area contributed by atoms with E-state index in [0.29, 0.717) is 24.2 Å². The Hall–Kier alpha value is -1.02. The molecule has 1 rings (SSSR count). The van der Waals surface area contributed by atoms with Gasteiger partial charge in [-0.3, -0.25) is 0 Å². The molecule has 0 aromatic heterocycles. The first-order valence-electron chi connectivity index (χ1n) is 6.26. The maximum absolute atomic E-state index is 12.2. The Morgan fingerprint density at radius 3 is 2.65 bits per heavy atom. The topological polar surface area (TPSA) is 81.4 Å². The minimum atomic E-state index is -3.47. The number of hydrogen-bond acceptors (Lipinski definition) is 4. The van der Waals surface area contributed by atoms with Crippen LogP contribution < -0.4 is 10.5 Å². The van der Waals surface area contributed by atoms with E-state index in [-0.39, 0.29) is 16.8 Å². The standard InChI is InChI=1S/C13H20N2O3S2/c1-3-11(8-18-2)15-20(16,17)9-10-6-4-5-7-12(10)13(14)19/h4-7,11,15H,3,8-9H2,1-2H3,(H2,14,19). The summed E-state index contributed by atoms with van der Waals surface area (Å²) in [5.74, 6) is -0.152. The lowest BCUT2D eigenvalue weighted by Gasteiger charge is -2.17. The number of methoxy groups -OCH3 is 1. The number of nitrogens with two attached hydrogens (primary N) is 1. The summed E-state index contributed by atoms with van der Waals surface area (Å²) in [6.07, 6.45) is 0.657. The van der Waals surface area contributed by atoms with Crippen LogP contribution >= 0.6 is 12.2 Å². The molecular formula is C13H20N2O3S2. The van der Waals surface area contributed by atoms with E-state index in [1.807, 2.05) is 6.92 Å². The Balaban J connectivity index is 2.89. The molecule has 7 heteroatoms. The van der Waals surface area contributed by atoms with Crippen LogP contribution in [0.5, 0.6) is 0 Å². The third-order valence-corrected chi connectivity index (χ3v) is 4.44. The van der Waals surface area contributed by atoms with Gasteiger partial charge in [-0.25, -0.2) is 13.1 Å². The number of thiocarbonyl (C=S) groups is 1. The van der Waals surface area contributed by atoms with Gasteiger partial charge in [0.1, 0.15) is 4.99 Å². The normalized spacial score (nSPS) is 13.1. The lowest BCUT2D eigenvalue weighted by Crippen LogP contribution is -2.38. The van der Waals surface area contributed by atoms with Crippen LogP contribution in [-0.4, -0.2) is 33.2 Å². The molecule has 1 aromatic carbocycles. The maximum Gasteiger partial charge on any atom is 0.216 e. The second kappa shape index (κ2) is 7.68. The predicted molar refractivity (Wildman–Crippen MR) is 84.0 cm³/mol. The molecule has 0 aliphatic carbocycles. The Bertz CT molecular complexity index is 558. The highest BCUT2D eigenvalue weighted by Gasteiger charge is 2.19. The lowest BCUT2D eigenvalue weighted by atomic mass is 10.1. The highest BCUT2D eigenvalue weighted by Crippen LogP contribution is 2.12.